The summed E-state index contributed by atoms with van der Waals surface area (Å²) in [4.78, 5) is 28.9. The lowest BCUT2D eigenvalue weighted by Gasteiger charge is -2.37. The molecule has 0 aliphatic carbocycles. The Balaban J connectivity index is 1.93. The number of piperazine rings is 1. The molecule has 1 fully saturated rings. The molecule has 2 atom stereocenters. The quantitative estimate of drug-likeness (QED) is 0.145. The SMILES string of the molecule is Cc1ccnc(C(C)C)c1-n1c(=O)nc(N2C[C@@H](C)N[C@@H](C)C2)c2cc(F)c(-c3c(N)c(F)c(F)c(Cl)c3F)nc21. The van der Waals surface area contributed by atoms with Gasteiger partial charge in [-0.15, -0.1) is 0 Å². The Kier molecular flexibility index (Phi) is 7.41. The Morgan fingerprint density at radius 3 is 2.37 bits per heavy atom. The Morgan fingerprint density at radius 2 is 1.73 bits per heavy atom. The first-order valence-corrected chi connectivity index (χ1v) is 13.4. The van der Waals surface area contributed by atoms with Gasteiger partial charge in [0.15, 0.2) is 28.9 Å². The molecule has 13 heteroatoms. The third-order valence-corrected chi connectivity index (χ3v) is 7.46. The molecule has 0 unspecified atom stereocenters. The number of nitrogens with two attached hydrogens (primary N) is 1. The van der Waals surface area contributed by atoms with Gasteiger partial charge in [0.25, 0.3) is 0 Å². The maximum absolute atomic E-state index is 15.8. The van der Waals surface area contributed by atoms with Crippen LogP contribution in [0.4, 0.5) is 29.1 Å². The van der Waals surface area contributed by atoms with Crippen LogP contribution in [0, 0.1) is 30.2 Å². The van der Waals surface area contributed by atoms with Crippen LogP contribution in [0.15, 0.2) is 23.1 Å². The van der Waals surface area contributed by atoms with E-state index in [1.807, 2.05) is 32.6 Å². The minimum atomic E-state index is -1.70. The number of benzene rings is 1. The molecule has 5 rings (SSSR count). The fourth-order valence-corrected chi connectivity index (χ4v) is 5.57. The van der Waals surface area contributed by atoms with Gasteiger partial charge in [0.1, 0.15) is 16.5 Å². The molecule has 3 N–H and O–H groups in total. The monoisotopic (exact) mass is 589 g/mol. The first kappa shape index (κ1) is 28.7. The zero-order valence-corrected chi connectivity index (χ0v) is 23.7. The minimum Gasteiger partial charge on any atom is -0.396 e. The molecule has 0 spiro atoms. The van der Waals surface area contributed by atoms with Crippen molar-refractivity contribution < 1.29 is 17.6 Å². The van der Waals surface area contributed by atoms with Gasteiger partial charge in [-0.3, -0.25) is 4.98 Å². The molecular formula is C28H28ClF4N7O. The van der Waals surface area contributed by atoms with Crippen LogP contribution in [-0.2, 0) is 0 Å². The Hall–Kier alpha value is -3.77. The topological polar surface area (TPSA) is 102 Å². The first-order valence-electron chi connectivity index (χ1n) is 13.0. The summed E-state index contributed by atoms with van der Waals surface area (Å²) < 4.78 is 60.9. The van der Waals surface area contributed by atoms with Gasteiger partial charge < -0.3 is 16.0 Å². The number of nitrogens with zero attached hydrogens (tertiary/aromatic N) is 5. The summed E-state index contributed by atoms with van der Waals surface area (Å²) in [6.07, 6.45) is 1.60. The second-order valence-electron chi connectivity index (χ2n) is 10.7. The van der Waals surface area contributed by atoms with Crippen molar-refractivity contribution >= 4 is 34.1 Å². The average molecular weight is 590 g/mol. The van der Waals surface area contributed by atoms with Crippen molar-refractivity contribution in [2.45, 2.75) is 52.6 Å². The van der Waals surface area contributed by atoms with Crippen LogP contribution in [0.5, 0.6) is 0 Å². The lowest BCUT2D eigenvalue weighted by atomic mass is 10.0. The number of hydrogen-bond acceptors (Lipinski definition) is 7. The van der Waals surface area contributed by atoms with Gasteiger partial charge in [0.2, 0.25) is 0 Å². The van der Waals surface area contributed by atoms with Crippen molar-refractivity contribution in [1.82, 2.24) is 24.8 Å². The number of halogens is 5. The van der Waals surface area contributed by atoms with Gasteiger partial charge in [-0.25, -0.2) is 31.9 Å². The average Bonchev–Trinajstić information content (AvgIpc) is 2.91. The second-order valence-corrected chi connectivity index (χ2v) is 11.1. The van der Waals surface area contributed by atoms with Crippen molar-refractivity contribution in [1.29, 1.82) is 0 Å². The van der Waals surface area contributed by atoms with E-state index < -0.39 is 50.9 Å². The van der Waals surface area contributed by atoms with E-state index in [1.54, 1.807) is 19.2 Å². The molecule has 0 amide bonds. The molecule has 0 radical (unpaired) electrons. The summed E-state index contributed by atoms with van der Waals surface area (Å²) in [5.41, 5.74) is 3.86. The lowest BCUT2D eigenvalue weighted by molar-refractivity contribution is 0.405. The van der Waals surface area contributed by atoms with E-state index in [0.717, 1.165) is 6.07 Å². The van der Waals surface area contributed by atoms with Gasteiger partial charge in [0, 0.05) is 31.4 Å². The van der Waals surface area contributed by atoms with E-state index in [0.29, 0.717) is 30.0 Å². The Morgan fingerprint density at radius 1 is 1.07 bits per heavy atom. The molecule has 216 valence electrons. The number of fused-ring (bicyclic) bond motifs is 1. The van der Waals surface area contributed by atoms with E-state index in [1.165, 1.54) is 4.57 Å². The maximum atomic E-state index is 15.8. The number of aromatic nitrogens is 4. The Labute approximate surface area is 238 Å². The summed E-state index contributed by atoms with van der Waals surface area (Å²) >= 11 is 5.68. The van der Waals surface area contributed by atoms with E-state index in [-0.39, 0.29) is 34.9 Å². The van der Waals surface area contributed by atoms with Crippen LogP contribution in [0.1, 0.15) is 44.9 Å². The third kappa shape index (κ3) is 4.78. The predicted octanol–water partition coefficient (Wildman–Crippen LogP) is 5.25. The van der Waals surface area contributed by atoms with Crippen LogP contribution in [-0.4, -0.2) is 44.7 Å². The highest BCUT2D eigenvalue weighted by Gasteiger charge is 2.30. The molecule has 41 heavy (non-hydrogen) atoms. The molecular weight excluding hydrogens is 562 g/mol. The maximum Gasteiger partial charge on any atom is 0.355 e. The third-order valence-electron chi connectivity index (χ3n) is 7.12. The molecule has 1 aliphatic rings. The van der Waals surface area contributed by atoms with Crippen LogP contribution in [0.3, 0.4) is 0 Å². The fraction of sp³-hybridized carbons (Fsp3) is 0.357. The highest BCUT2D eigenvalue weighted by molar-refractivity contribution is 6.31. The van der Waals surface area contributed by atoms with Crippen molar-refractivity contribution in [3.05, 3.63) is 68.4 Å². The van der Waals surface area contributed by atoms with Crippen LogP contribution in [0.2, 0.25) is 5.02 Å². The second kappa shape index (κ2) is 10.6. The van der Waals surface area contributed by atoms with Gasteiger partial charge in [-0.1, -0.05) is 25.4 Å². The Bertz CT molecular complexity index is 1720. The van der Waals surface area contributed by atoms with Gasteiger partial charge in [0.05, 0.1) is 28.0 Å². The molecule has 0 saturated carbocycles. The van der Waals surface area contributed by atoms with E-state index >= 15 is 8.78 Å². The highest BCUT2D eigenvalue weighted by atomic mass is 35.5. The summed E-state index contributed by atoms with van der Waals surface area (Å²) in [7, 11) is 0. The van der Waals surface area contributed by atoms with E-state index in [2.05, 4.69) is 20.3 Å². The molecule has 3 aromatic heterocycles. The van der Waals surface area contributed by atoms with Gasteiger partial charge >= 0.3 is 5.69 Å². The molecule has 1 aliphatic heterocycles. The van der Waals surface area contributed by atoms with Crippen LogP contribution < -0.4 is 21.6 Å². The van der Waals surface area contributed by atoms with E-state index in [4.69, 9.17) is 17.3 Å². The van der Waals surface area contributed by atoms with Crippen LogP contribution in [0.25, 0.3) is 28.0 Å². The number of hydrogen-bond donors (Lipinski definition) is 2. The van der Waals surface area contributed by atoms with Gasteiger partial charge in [-0.2, -0.15) is 4.98 Å². The largest absolute Gasteiger partial charge is 0.396 e. The standard InChI is InChI=1S/C28H28ClF4N7O/c1-11(2)23-25(12(3)6-7-35-23)40-27-15(26(38-28(40)41)39-9-13(4)36-14(5)10-39)8-16(30)24(37-27)17-19(31)18(29)20(32)21(33)22(17)34/h6-8,11,13-14,36H,9-10,34H2,1-5H3/t13-,14+. The summed E-state index contributed by atoms with van der Waals surface area (Å²) in [6.45, 7) is 10.4. The molecule has 1 aromatic carbocycles. The number of aryl methyl sites for hydroxylation is 1. The summed E-state index contributed by atoms with van der Waals surface area (Å²) in [6, 6.07) is 2.80. The highest BCUT2D eigenvalue weighted by Crippen LogP contribution is 2.39. The normalized spacial score (nSPS) is 17.6. The lowest BCUT2D eigenvalue weighted by Crippen LogP contribution is -2.55. The number of nitrogens with one attached hydrogen (secondary N) is 1. The number of nitrogen functional groups attached to an aromatic ring is 1. The zero-order valence-electron chi connectivity index (χ0n) is 23.0. The first-order chi connectivity index (χ1) is 19.3. The minimum absolute atomic E-state index is 0.0291. The van der Waals surface area contributed by atoms with Crippen LogP contribution >= 0.6 is 11.6 Å². The number of rotatable bonds is 4. The van der Waals surface area contributed by atoms with Crippen molar-refractivity contribution in [2.24, 2.45) is 0 Å². The fourth-order valence-electron chi connectivity index (χ4n) is 5.39. The molecule has 1 saturated heterocycles. The predicted molar refractivity (Wildman–Crippen MR) is 151 cm³/mol. The molecule has 8 nitrogen and oxygen atoms in total. The number of anilines is 2. The van der Waals surface area contributed by atoms with Crippen molar-refractivity contribution in [3.63, 3.8) is 0 Å². The van der Waals surface area contributed by atoms with Crippen molar-refractivity contribution in [2.75, 3.05) is 23.7 Å². The molecule has 4 heterocycles. The summed E-state index contributed by atoms with van der Waals surface area (Å²) in [5.74, 6) is -5.88. The van der Waals surface area contributed by atoms with E-state index in [9.17, 15) is 13.6 Å². The summed E-state index contributed by atoms with van der Waals surface area (Å²) in [5, 5.41) is 2.34. The van der Waals surface area contributed by atoms with Gasteiger partial charge in [-0.05, 0) is 44.4 Å². The smallest absolute Gasteiger partial charge is 0.355 e. The van der Waals surface area contributed by atoms with Crippen molar-refractivity contribution in [3.8, 4) is 16.9 Å². The molecule has 0 bridgehead atoms. The number of pyridine rings is 2. The molecule has 4 aromatic rings. The zero-order chi connectivity index (χ0) is 29.9.